The number of hydrogen-bond acceptors (Lipinski definition) is 5. The average molecular weight is 363 g/mol. The van der Waals surface area contributed by atoms with Crippen LogP contribution in [0.2, 0.25) is 0 Å². The summed E-state index contributed by atoms with van der Waals surface area (Å²) in [6.45, 7) is 1.64. The lowest BCUT2D eigenvalue weighted by atomic mass is 10.2. The van der Waals surface area contributed by atoms with Crippen molar-refractivity contribution in [1.29, 1.82) is 0 Å². The number of hydrogen-bond donors (Lipinski definition) is 1. The molecule has 8 nitrogen and oxygen atoms in total. The van der Waals surface area contributed by atoms with E-state index < -0.39 is 0 Å². The van der Waals surface area contributed by atoms with Gasteiger partial charge in [0.2, 0.25) is 11.7 Å². The van der Waals surface area contributed by atoms with Gasteiger partial charge in [0.15, 0.2) is 5.82 Å². The van der Waals surface area contributed by atoms with Gasteiger partial charge in [0, 0.05) is 19.7 Å². The van der Waals surface area contributed by atoms with Crippen molar-refractivity contribution in [3.05, 3.63) is 64.7 Å². The Labute approximate surface area is 154 Å². The number of carbonyl (C=O) groups excluding carboxylic acids is 1. The molecule has 0 fully saturated rings. The second kappa shape index (κ2) is 6.56. The maximum Gasteiger partial charge on any atom is 0.262 e. The number of nitrogens with zero attached hydrogens (tertiary/aromatic N) is 4. The largest absolute Gasteiger partial charge is 0.486 e. The van der Waals surface area contributed by atoms with Crippen molar-refractivity contribution in [2.75, 3.05) is 5.32 Å². The van der Waals surface area contributed by atoms with Crippen molar-refractivity contribution in [3.8, 4) is 5.75 Å². The summed E-state index contributed by atoms with van der Waals surface area (Å²) in [7, 11) is 1.67. The van der Waals surface area contributed by atoms with Crippen LogP contribution in [0, 0.1) is 0 Å². The standard InChI is InChI=1S/C19H17N5O3/c1-12(25)20-13-7-9-14(10-8-13)27-11-17-21-22-19-23(2)18(26)15-5-3-4-6-16(15)24(17)19/h3-10H,11H2,1-2H3,(H,20,25). The van der Waals surface area contributed by atoms with E-state index in [0.29, 0.717) is 28.4 Å². The lowest BCUT2D eigenvalue weighted by Gasteiger charge is -2.09. The summed E-state index contributed by atoms with van der Waals surface area (Å²) >= 11 is 0. The van der Waals surface area contributed by atoms with Gasteiger partial charge < -0.3 is 10.1 Å². The Morgan fingerprint density at radius 1 is 1.11 bits per heavy atom. The predicted molar refractivity (Wildman–Crippen MR) is 101 cm³/mol. The molecule has 0 aliphatic heterocycles. The van der Waals surface area contributed by atoms with E-state index in [1.807, 2.05) is 22.6 Å². The van der Waals surface area contributed by atoms with Crippen molar-refractivity contribution < 1.29 is 9.53 Å². The second-order valence-corrected chi connectivity index (χ2v) is 6.13. The number of benzene rings is 2. The third-order valence-electron chi connectivity index (χ3n) is 4.24. The minimum absolute atomic E-state index is 0.119. The van der Waals surface area contributed by atoms with Crippen LogP contribution >= 0.6 is 0 Å². The number of para-hydroxylation sites is 1. The van der Waals surface area contributed by atoms with Crippen LogP contribution in [0.4, 0.5) is 5.69 Å². The molecule has 2 aromatic carbocycles. The van der Waals surface area contributed by atoms with Gasteiger partial charge in [-0.25, -0.2) is 0 Å². The Morgan fingerprint density at radius 2 is 1.85 bits per heavy atom. The first-order valence-corrected chi connectivity index (χ1v) is 8.37. The molecule has 0 unspecified atom stereocenters. The zero-order valence-electron chi connectivity index (χ0n) is 14.8. The summed E-state index contributed by atoms with van der Waals surface area (Å²) in [6, 6.07) is 14.4. The molecular formula is C19H17N5O3. The monoisotopic (exact) mass is 363 g/mol. The fourth-order valence-electron chi connectivity index (χ4n) is 2.97. The molecule has 27 heavy (non-hydrogen) atoms. The van der Waals surface area contributed by atoms with Gasteiger partial charge >= 0.3 is 0 Å². The maximum atomic E-state index is 12.5. The molecular weight excluding hydrogens is 346 g/mol. The molecule has 0 atom stereocenters. The quantitative estimate of drug-likeness (QED) is 0.600. The molecule has 0 radical (unpaired) electrons. The first kappa shape index (κ1) is 16.8. The molecule has 136 valence electrons. The number of nitrogens with one attached hydrogen (secondary N) is 1. The van der Waals surface area contributed by atoms with Crippen molar-refractivity contribution in [2.45, 2.75) is 13.5 Å². The SMILES string of the molecule is CC(=O)Nc1ccc(OCc2nnc3n(C)c(=O)c4ccccc4n23)cc1. The lowest BCUT2D eigenvalue weighted by Crippen LogP contribution is -2.20. The number of aromatic nitrogens is 4. The molecule has 0 saturated carbocycles. The van der Waals surface area contributed by atoms with Crippen molar-refractivity contribution >= 4 is 28.3 Å². The normalized spacial score (nSPS) is 11.0. The first-order chi connectivity index (χ1) is 13.0. The van der Waals surface area contributed by atoms with Gasteiger partial charge in [-0.05, 0) is 36.4 Å². The third kappa shape index (κ3) is 3.01. The summed E-state index contributed by atoms with van der Waals surface area (Å²) in [5.41, 5.74) is 1.32. The zero-order valence-corrected chi connectivity index (χ0v) is 14.8. The fourth-order valence-corrected chi connectivity index (χ4v) is 2.97. The molecule has 0 spiro atoms. The Balaban J connectivity index is 1.67. The summed E-state index contributed by atoms with van der Waals surface area (Å²) in [6.07, 6.45) is 0. The molecule has 4 aromatic rings. The van der Waals surface area contributed by atoms with E-state index in [4.69, 9.17) is 4.74 Å². The molecule has 1 N–H and O–H groups in total. The number of aryl methyl sites for hydroxylation is 1. The highest BCUT2D eigenvalue weighted by Gasteiger charge is 2.14. The molecule has 0 bridgehead atoms. The number of ether oxygens (including phenoxy) is 1. The van der Waals surface area contributed by atoms with Crippen LogP contribution in [0.1, 0.15) is 12.7 Å². The van der Waals surface area contributed by atoms with Crippen LogP contribution in [0.15, 0.2) is 53.3 Å². The van der Waals surface area contributed by atoms with E-state index in [9.17, 15) is 9.59 Å². The average Bonchev–Trinajstić information content (AvgIpc) is 3.09. The van der Waals surface area contributed by atoms with E-state index in [1.54, 1.807) is 37.4 Å². The maximum absolute atomic E-state index is 12.5. The van der Waals surface area contributed by atoms with Crippen LogP contribution in [-0.2, 0) is 18.4 Å². The Kier molecular flexibility index (Phi) is 4.08. The topological polar surface area (TPSA) is 90.5 Å². The minimum atomic E-state index is -0.129. The smallest absolute Gasteiger partial charge is 0.262 e. The third-order valence-corrected chi connectivity index (χ3v) is 4.24. The predicted octanol–water partition coefficient (Wildman–Crippen LogP) is 2.12. The number of rotatable bonds is 4. The van der Waals surface area contributed by atoms with Gasteiger partial charge in [-0.3, -0.25) is 18.6 Å². The first-order valence-electron chi connectivity index (χ1n) is 8.37. The van der Waals surface area contributed by atoms with Crippen LogP contribution in [0.5, 0.6) is 5.75 Å². The fraction of sp³-hybridized carbons (Fsp3) is 0.158. The van der Waals surface area contributed by atoms with Crippen LogP contribution in [0.25, 0.3) is 16.7 Å². The summed E-state index contributed by atoms with van der Waals surface area (Å²) in [5, 5.41) is 11.6. The second-order valence-electron chi connectivity index (χ2n) is 6.13. The van der Waals surface area contributed by atoms with Crippen molar-refractivity contribution in [2.24, 2.45) is 7.05 Å². The van der Waals surface area contributed by atoms with Crippen molar-refractivity contribution in [3.63, 3.8) is 0 Å². The molecule has 0 aliphatic carbocycles. The van der Waals surface area contributed by atoms with Gasteiger partial charge in [-0.15, -0.1) is 10.2 Å². The van der Waals surface area contributed by atoms with E-state index >= 15 is 0 Å². The van der Waals surface area contributed by atoms with E-state index in [0.717, 1.165) is 5.52 Å². The summed E-state index contributed by atoms with van der Waals surface area (Å²) < 4.78 is 9.11. The number of anilines is 1. The number of fused-ring (bicyclic) bond motifs is 3. The zero-order chi connectivity index (χ0) is 19.0. The highest BCUT2D eigenvalue weighted by Crippen LogP contribution is 2.18. The Bertz CT molecular complexity index is 1210. The molecule has 2 heterocycles. The molecule has 2 aromatic heterocycles. The molecule has 0 saturated heterocycles. The van der Waals surface area contributed by atoms with Crippen LogP contribution in [-0.4, -0.2) is 25.1 Å². The highest BCUT2D eigenvalue weighted by molar-refractivity contribution is 5.88. The summed E-state index contributed by atoms with van der Waals surface area (Å²) in [4.78, 5) is 23.5. The number of amides is 1. The van der Waals surface area contributed by atoms with Gasteiger partial charge in [-0.2, -0.15) is 0 Å². The molecule has 1 amide bonds. The Morgan fingerprint density at radius 3 is 2.59 bits per heavy atom. The van der Waals surface area contributed by atoms with Gasteiger partial charge in [0.25, 0.3) is 5.56 Å². The molecule has 8 heteroatoms. The lowest BCUT2D eigenvalue weighted by molar-refractivity contribution is -0.114. The number of carbonyl (C=O) groups is 1. The van der Waals surface area contributed by atoms with Gasteiger partial charge in [-0.1, -0.05) is 12.1 Å². The van der Waals surface area contributed by atoms with E-state index in [1.165, 1.54) is 11.5 Å². The van der Waals surface area contributed by atoms with Gasteiger partial charge in [0.05, 0.1) is 10.9 Å². The highest BCUT2D eigenvalue weighted by atomic mass is 16.5. The van der Waals surface area contributed by atoms with E-state index in [2.05, 4.69) is 15.5 Å². The van der Waals surface area contributed by atoms with Gasteiger partial charge in [0.1, 0.15) is 12.4 Å². The van der Waals surface area contributed by atoms with Crippen LogP contribution < -0.4 is 15.6 Å². The van der Waals surface area contributed by atoms with Crippen molar-refractivity contribution in [1.82, 2.24) is 19.2 Å². The Hall–Kier alpha value is -3.68. The molecule has 4 rings (SSSR count). The molecule has 0 aliphatic rings. The van der Waals surface area contributed by atoms with E-state index in [-0.39, 0.29) is 18.1 Å². The summed E-state index contributed by atoms with van der Waals surface area (Å²) in [5.74, 6) is 1.55. The van der Waals surface area contributed by atoms with Crippen LogP contribution in [0.3, 0.4) is 0 Å². The minimum Gasteiger partial charge on any atom is -0.486 e.